The van der Waals surface area contributed by atoms with Gasteiger partial charge in [0.25, 0.3) is 0 Å². The van der Waals surface area contributed by atoms with E-state index in [1.165, 1.54) is 0 Å². The molecule has 1 rings (SSSR count). The largest absolute Gasteiger partial charge is 0.345 e. The van der Waals surface area contributed by atoms with Gasteiger partial charge in [0.2, 0.25) is 0 Å². The lowest BCUT2D eigenvalue weighted by atomic mass is 10.1. The van der Waals surface area contributed by atoms with Crippen LogP contribution in [0.4, 0.5) is 0 Å². The summed E-state index contributed by atoms with van der Waals surface area (Å²) >= 11 is 0. The molecule has 1 aliphatic rings. The SMILES string of the molecule is CC1=NC(C)OC1(C)C. The van der Waals surface area contributed by atoms with Crippen LogP contribution in [0.5, 0.6) is 0 Å². The highest BCUT2D eigenvalue weighted by molar-refractivity contribution is 5.90. The zero-order valence-electron chi connectivity index (χ0n) is 6.43. The van der Waals surface area contributed by atoms with Crippen molar-refractivity contribution in [2.75, 3.05) is 0 Å². The van der Waals surface area contributed by atoms with E-state index in [0.29, 0.717) is 0 Å². The van der Waals surface area contributed by atoms with Crippen molar-refractivity contribution in [1.82, 2.24) is 0 Å². The highest BCUT2D eigenvalue weighted by Crippen LogP contribution is 2.21. The third-order valence-electron chi connectivity index (χ3n) is 1.71. The van der Waals surface area contributed by atoms with Gasteiger partial charge >= 0.3 is 0 Å². The summed E-state index contributed by atoms with van der Waals surface area (Å²) in [6, 6.07) is 0. The topological polar surface area (TPSA) is 21.6 Å². The molecule has 1 heterocycles. The molecule has 9 heavy (non-hydrogen) atoms. The molecule has 52 valence electrons. The zero-order valence-corrected chi connectivity index (χ0v) is 6.43. The van der Waals surface area contributed by atoms with Crippen molar-refractivity contribution in [2.45, 2.75) is 39.5 Å². The smallest absolute Gasteiger partial charge is 0.146 e. The molecule has 0 aromatic carbocycles. The van der Waals surface area contributed by atoms with Crippen LogP contribution in [0.2, 0.25) is 0 Å². The van der Waals surface area contributed by atoms with Crippen LogP contribution < -0.4 is 0 Å². The maximum absolute atomic E-state index is 5.46. The van der Waals surface area contributed by atoms with E-state index in [0.717, 1.165) is 5.71 Å². The van der Waals surface area contributed by atoms with Crippen molar-refractivity contribution in [2.24, 2.45) is 4.99 Å². The second kappa shape index (κ2) is 1.81. The second-order valence-electron chi connectivity index (χ2n) is 2.94. The van der Waals surface area contributed by atoms with Crippen molar-refractivity contribution in [1.29, 1.82) is 0 Å². The van der Waals surface area contributed by atoms with E-state index < -0.39 is 0 Å². The summed E-state index contributed by atoms with van der Waals surface area (Å²) in [5.41, 5.74) is 0.967. The van der Waals surface area contributed by atoms with Crippen molar-refractivity contribution in [3.05, 3.63) is 0 Å². The molecule has 0 bridgehead atoms. The maximum Gasteiger partial charge on any atom is 0.146 e. The first kappa shape index (κ1) is 6.75. The zero-order chi connectivity index (χ0) is 7.07. The number of nitrogens with zero attached hydrogens (tertiary/aromatic N) is 1. The lowest BCUT2D eigenvalue weighted by molar-refractivity contribution is 0.00771. The van der Waals surface area contributed by atoms with Crippen LogP contribution in [0.15, 0.2) is 4.99 Å². The van der Waals surface area contributed by atoms with Crippen LogP contribution in [0.1, 0.15) is 27.7 Å². The van der Waals surface area contributed by atoms with E-state index in [4.69, 9.17) is 4.74 Å². The number of rotatable bonds is 0. The number of aliphatic imine (C=N–C) groups is 1. The van der Waals surface area contributed by atoms with Gasteiger partial charge in [-0.15, -0.1) is 0 Å². The standard InChI is InChI=1S/C7H13NO/c1-5-7(3,4)9-6(2)8-5/h6H,1-4H3. The Hall–Kier alpha value is -0.370. The highest BCUT2D eigenvalue weighted by atomic mass is 16.5. The van der Waals surface area contributed by atoms with Crippen molar-refractivity contribution >= 4 is 5.71 Å². The average Bonchev–Trinajstić information content (AvgIpc) is 1.79. The first-order valence-electron chi connectivity index (χ1n) is 3.25. The van der Waals surface area contributed by atoms with Crippen LogP contribution in [-0.2, 0) is 4.74 Å². The van der Waals surface area contributed by atoms with Crippen LogP contribution in [0.25, 0.3) is 0 Å². The van der Waals surface area contributed by atoms with Crippen molar-refractivity contribution < 1.29 is 4.74 Å². The van der Waals surface area contributed by atoms with Gasteiger partial charge in [-0.05, 0) is 27.7 Å². The molecule has 0 aromatic heterocycles. The maximum atomic E-state index is 5.46. The number of ether oxygens (including phenoxy) is 1. The summed E-state index contributed by atoms with van der Waals surface area (Å²) in [6.07, 6.45) is 0.0556. The molecular formula is C7H13NO. The normalized spacial score (nSPS) is 32.4. The fourth-order valence-corrected chi connectivity index (χ4v) is 0.966. The monoisotopic (exact) mass is 127 g/mol. The van der Waals surface area contributed by atoms with E-state index >= 15 is 0 Å². The van der Waals surface area contributed by atoms with Gasteiger partial charge in [-0.25, -0.2) is 0 Å². The molecular weight excluding hydrogens is 114 g/mol. The lowest BCUT2D eigenvalue weighted by Crippen LogP contribution is -2.28. The van der Waals surface area contributed by atoms with Crippen LogP contribution >= 0.6 is 0 Å². The predicted octanol–water partition coefficient (Wildman–Crippen LogP) is 1.60. The molecule has 0 saturated heterocycles. The first-order chi connectivity index (χ1) is 4.02. The Balaban J connectivity index is 2.76. The summed E-state index contributed by atoms with van der Waals surface area (Å²) in [5.74, 6) is 0. The Morgan fingerprint density at radius 3 is 2.22 bits per heavy atom. The minimum Gasteiger partial charge on any atom is -0.345 e. The molecule has 0 aliphatic carbocycles. The summed E-state index contributed by atoms with van der Waals surface area (Å²) in [6.45, 7) is 8.03. The van der Waals surface area contributed by atoms with Gasteiger partial charge in [-0.2, -0.15) is 0 Å². The molecule has 0 N–H and O–H groups in total. The molecule has 0 aromatic rings. The third kappa shape index (κ3) is 1.13. The molecule has 0 amide bonds. The minimum atomic E-state index is -0.126. The Morgan fingerprint density at radius 2 is 2.11 bits per heavy atom. The fraction of sp³-hybridized carbons (Fsp3) is 0.857. The van der Waals surface area contributed by atoms with Gasteiger partial charge in [-0.1, -0.05) is 0 Å². The summed E-state index contributed by atoms with van der Waals surface area (Å²) < 4.78 is 5.46. The van der Waals surface area contributed by atoms with Gasteiger partial charge < -0.3 is 4.74 Å². The van der Waals surface area contributed by atoms with Gasteiger partial charge in [-0.3, -0.25) is 4.99 Å². The van der Waals surface area contributed by atoms with Crippen molar-refractivity contribution in [3.63, 3.8) is 0 Å². The fourth-order valence-electron chi connectivity index (χ4n) is 0.966. The Labute approximate surface area is 55.9 Å². The molecule has 0 fully saturated rings. The molecule has 1 unspecified atom stereocenters. The summed E-state index contributed by atoms with van der Waals surface area (Å²) in [5, 5.41) is 0. The number of hydrogen-bond donors (Lipinski definition) is 0. The van der Waals surface area contributed by atoms with Crippen LogP contribution in [0.3, 0.4) is 0 Å². The Bertz CT molecular complexity index is 149. The van der Waals surface area contributed by atoms with E-state index in [-0.39, 0.29) is 11.8 Å². The summed E-state index contributed by atoms with van der Waals surface area (Å²) in [7, 11) is 0. The van der Waals surface area contributed by atoms with E-state index in [9.17, 15) is 0 Å². The van der Waals surface area contributed by atoms with Gasteiger partial charge in [0.05, 0.1) is 0 Å². The quantitative estimate of drug-likeness (QED) is 0.484. The summed E-state index contributed by atoms with van der Waals surface area (Å²) in [4.78, 5) is 4.24. The van der Waals surface area contributed by atoms with Crippen LogP contribution in [-0.4, -0.2) is 17.5 Å². The molecule has 2 nitrogen and oxygen atoms in total. The third-order valence-corrected chi connectivity index (χ3v) is 1.71. The molecule has 0 saturated carbocycles. The van der Waals surface area contributed by atoms with Gasteiger partial charge in [0.15, 0.2) is 0 Å². The second-order valence-corrected chi connectivity index (χ2v) is 2.94. The van der Waals surface area contributed by atoms with Gasteiger partial charge in [0, 0.05) is 5.71 Å². The van der Waals surface area contributed by atoms with Crippen LogP contribution in [0, 0.1) is 0 Å². The average molecular weight is 127 g/mol. The molecule has 2 heteroatoms. The predicted molar refractivity (Wildman–Crippen MR) is 37.7 cm³/mol. The molecule has 1 atom stereocenters. The lowest BCUT2D eigenvalue weighted by Gasteiger charge is -2.17. The highest BCUT2D eigenvalue weighted by Gasteiger charge is 2.30. The molecule has 1 aliphatic heterocycles. The Kier molecular flexibility index (Phi) is 1.35. The first-order valence-corrected chi connectivity index (χ1v) is 3.25. The molecule has 0 radical (unpaired) electrons. The molecule has 0 spiro atoms. The van der Waals surface area contributed by atoms with Crippen molar-refractivity contribution in [3.8, 4) is 0 Å². The van der Waals surface area contributed by atoms with Gasteiger partial charge in [0.1, 0.15) is 11.8 Å². The van der Waals surface area contributed by atoms with E-state index in [2.05, 4.69) is 4.99 Å². The number of hydrogen-bond acceptors (Lipinski definition) is 2. The van der Waals surface area contributed by atoms with E-state index in [1.54, 1.807) is 0 Å². The Morgan fingerprint density at radius 1 is 1.56 bits per heavy atom. The van der Waals surface area contributed by atoms with E-state index in [1.807, 2.05) is 27.7 Å². The minimum absolute atomic E-state index is 0.0556.